The van der Waals surface area contributed by atoms with E-state index in [4.69, 9.17) is 0 Å². The van der Waals surface area contributed by atoms with Gasteiger partial charge >= 0.3 is 5.97 Å². The van der Waals surface area contributed by atoms with Crippen molar-refractivity contribution in [2.24, 2.45) is 0 Å². The Morgan fingerprint density at radius 2 is 1.95 bits per heavy atom. The zero-order valence-electron chi connectivity index (χ0n) is 11.9. The van der Waals surface area contributed by atoms with Gasteiger partial charge in [0.25, 0.3) is 0 Å². The Morgan fingerprint density at radius 1 is 1.21 bits per heavy atom. The Labute approximate surface area is 115 Å². The van der Waals surface area contributed by atoms with Gasteiger partial charge in [0.05, 0.1) is 13.2 Å². The highest BCUT2D eigenvalue weighted by atomic mass is 16.5. The summed E-state index contributed by atoms with van der Waals surface area (Å²) < 4.78 is 4.58. The quantitative estimate of drug-likeness (QED) is 0.490. The molecule has 0 aromatic rings. The molecule has 2 N–H and O–H groups in total. The van der Waals surface area contributed by atoms with Gasteiger partial charge in [-0.15, -0.1) is 0 Å². The molecule has 1 fully saturated rings. The Hall–Kier alpha value is -1.10. The smallest absolute Gasteiger partial charge is 0.305 e. The van der Waals surface area contributed by atoms with Crippen LogP contribution in [-0.2, 0) is 14.3 Å². The maximum absolute atomic E-state index is 11.7. The van der Waals surface area contributed by atoms with E-state index in [-0.39, 0.29) is 17.9 Å². The summed E-state index contributed by atoms with van der Waals surface area (Å²) in [5, 5.41) is 6.15. The lowest BCUT2D eigenvalue weighted by atomic mass is 10.1. The van der Waals surface area contributed by atoms with E-state index in [0.29, 0.717) is 6.42 Å². The number of unbranched alkanes of at least 4 members (excludes halogenated alkanes) is 4. The molecule has 1 aliphatic rings. The Balaban J connectivity index is 1.85. The fraction of sp³-hybridized carbons (Fsp3) is 0.857. The molecule has 1 saturated heterocycles. The molecule has 5 nitrogen and oxygen atoms in total. The summed E-state index contributed by atoms with van der Waals surface area (Å²) in [5.74, 6) is 0.0134. The van der Waals surface area contributed by atoms with E-state index >= 15 is 0 Å². The fourth-order valence-electron chi connectivity index (χ4n) is 2.27. The standard InChI is InChI=1S/C14H26N2O3/c1-19-13(17)9-5-3-2-4-6-10-16-14(18)12-8-7-11-15-12/h12,15H,2-11H2,1H3,(H,16,18). The summed E-state index contributed by atoms with van der Waals surface area (Å²) in [4.78, 5) is 22.5. The lowest BCUT2D eigenvalue weighted by Gasteiger charge is -2.10. The van der Waals surface area contributed by atoms with E-state index in [1.807, 2.05) is 0 Å². The summed E-state index contributed by atoms with van der Waals surface area (Å²) in [5.41, 5.74) is 0. The number of hydrogen-bond acceptors (Lipinski definition) is 4. The second-order valence-corrected chi connectivity index (χ2v) is 5.03. The van der Waals surface area contributed by atoms with Crippen molar-refractivity contribution in [3.05, 3.63) is 0 Å². The van der Waals surface area contributed by atoms with Crippen LogP contribution in [0.4, 0.5) is 0 Å². The highest BCUT2D eigenvalue weighted by Gasteiger charge is 2.20. The minimum Gasteiger partial charge on any atom is -0.469 e. The highest BCUT2D eigenvalue weighted by Crippen LogP contribution is 2.06. The number of carbonyl (C=O) groups excluding carboxylic acids is 2. The summed E-state index contributed by atoms with van der Waals surface area (Å²) in [6.07, 6.45) is 7.72. The van der Waals surface area contributed by atoms with Crippen LogP contribution in [0.15, 0.2) is 0 Å². The third-order valence-corrected chi connectivity index (χ3v) is 3.46. The molecule has 0 bridgehead atoms. The maximum Gasteiger partial charge on any atom is 0.305 e. The van der Waals surface area contributed by atoms with Crippen molar-refractivity contribution >= 4 is 11.9 Å². The predicted molar refractivity (Wildman–Crippen MR) is 73.8 cm³/mol. The van der Waals surface area contributed by atoms with Gasteiger partial charge in [0.2, 0.25) is 5.91 Å². The van der Waals surface area contributed by atoms with Crippen LogP contribution in [0.25, 0.3) is 0 Å². The molecular formula is C14H26N2O3. The molecule has 0 aromatic carbocycles. The van der Waals surface area contributed by atoms with E-state index in [9.17, 15) is 9.59 Å². The summed E-state index contributed by atoms with van der Waals surface area (Å²) >= 11 is 0. The van der Waals surface area contributed by atoms with Gasteiger partial charge in [-0.05, 0) is 32.2 Å². The first kappa shape index (κ1) is 16.0. The molecule has 1 atom stereocenters. The molecule has 1 unspecified atom stereocenters. The highest BCUT2D eigenvalue weighted by molar-refractivity contribution is 5.81. The molecule has 110 valence electrons. The number of hydrogen-bond donors (Lipinski definition) is 2. The molecule has 0 saturated carbocycles. The average Bonchev–Trinajstić information content (AvgIpc) is 2.95. The van der Waals surface area contributed by atoms with Crippen LogP contribution in [0.2, 0.25) is 0 Å². The van der Waals surface area contributed by atoms with Crippen molar-refractivity contribution in [3.8, 4) is 0 Å². The van der Waals surface area contributed by atoms with Crippen LogP contribution in [0.1, 0.15) is 51.4 Å². The number of carbonyl (C=O) groups is 2. The van der Waals surface area contributed by atoms with E-state index in [2.05, 4.69) is 15.4 Å². The van der Waals surface area contributed by atoms with Crippen molar-refractivity contribution < 1.29 is 14.3 Å². The molecule has 1 heterocycles. The third-order valence-electron chi connectivity index (χ3n) is 3.46. The van der Waals surface area contributed by atoms with E-state index < -0.39 is 0 Å². The van der Waals surface area contributed by atoms with Crippen LogP contribution >= 0.6 is 0 Å². The largest absolute Gasteiger partial charge is 0.469 e. The van der Waals surface area contributed by atoms with Gasteiger partial charge in [-0.1, -0.05) is 19.3 Å². The van der Waals surface area contributed by atoms with Gasteiger partial charge in [0, 0.05) is 13.0 Å². The van der Waals surface area contributed by atoms with Gasteiger partial charge in [0.15, 0.2) is 0 Å². The van der Waals surface area contributed by atoms with Crippen molar-refractivity contribution in [2.75, 3.05) is 20.2 Å². The van der Waals surface area contributed by atoms with E-state index in [1.54, 1.807) is 0 Å². The average molecular weight is 270 g/mol. The van der Waals surface area contributed by atoms with Crippen LogP contribution in [-0.4, -0.2) is 38.1 Å². The number of nitrogens with one attached hydrogen (secondary N) is 2. The Bertz CT molecular complexity index is 276. The van der Waals surface area contributed by atoms with Crippen LogP contribution in [0, 0.1) is 0 Å². The van der Waals surface area contributed by atoms with Gasteiger partial charge in [-0.2, -0.15) is 0 Å². The first-order valence-electron chi connectivity index (χ1n) is 7.32. The second-order valence-electron chi connectivity index (χ2n) is 5.03. The van der Waals surface area contributed by atoms with Crippen molar-refractivity contribution in [1.29, 1.82) is 0 Å². The first-order chi connectivity index (χ1) is 9.24. The zero-order chi connectivity index (χ0) is 13.9. The third kappa shape index (κ3) is 7.15. The van der Waals surface area contributed by atoms with Crippen molar-refractivity contribution in [2.45, 2.75) is 57.4 Å². The minimum atomic E-state index is -0.128. The number of amides is 1. The number of methoxy groups -OCH3 is 1. The van der Waals surface area contributed by atoms with Crippen molar-refractivity contribution in [3.63, 3.8) is 0 Å². The molecule has 0 aliphatic carbocycles. The molecule has 1 rings (SSSR count). The number of rotatable bonds is 9. The van der Waals surface area contributed by atoms with Gasteiger partial charge in [-0.25, -0.2) is 0 Å². The lowest BCUT2D eigenvalue weighted by molar-refractivity contribution is -0.140. The molecule has 0 radical (unpaired) electrons. The predicted octanol–water partition coefficient (Wildman–Crippen LogP) is 1.37. The molecule has 5 heteroatoms. The fourth-order valence-corrected chi connectivity index (χ4v) is 2.27. The van der Waals surface area contributed by atoms with Gasteiger partial charge in [0.1, 0.15) is 0 Å². The second kappa shape index (κ2) is 9.78. The first-order valence-corrected chi connectivity index (χ1v) is 7.32. The SMILES string of the molecule is COC(=O)CCCCCCCNC(=O)C1CCCN1. The van der Waals surface area contributed by atoms with Crippen LogP contribution < -0.4 is 10.6 Å². The van der Waals surface area contributed by atoms with Crippen LogP contribution in [0.5, 0.6) is 0 Å². The summed E-state index contributed by atoms with van der Waals surface area (Å²) in [6, 6.07) is 0.0278. The molecule has 19 heavy (non-hydrogen) atoms. The Morgan fingerprint density at radius 3 is 2.63 bits per heavy atom. The molecule has 0 spiro atoms. The Kier molecular flexibility index (Phi) is 8.21. The van der Waals surface area contributed by atoms with Crippen LogP contribution in [0.3, 0.4) is 0 Å². The summed E-state index contributed by atoms with van der Waals surface area (Å²) in [6.45, 7) is 1.71. The molecule has 1 amide bonds. The number of esters is 1. The normalized spacial score (nSPS) is 18.3. The van der Waals surface area contributed by atoms with E-state index in [0.717, 1.165) is 58.0 Å². The topological polar surface area (TPSA) is 67.4 Å². The van der Waals surface area contributed by atoms with Crippen molar-refractivity contribution in [1.82, 2.24) is 10.6 Å². The number of ether oxygens (including phenoxy) is 1. The molecular weight excluding hydrogens is 244 g/mol. The minimum absolute atomic E-state index is 0.0278. The van der Waals surface area contributed by atoms with E-state index in [1.165, 1.54) is 7.11 Å². The lowest BCUT2D eigenvalue weighted by Crippen LogP contribution is -2.40. The zero-order valence-corrected chi connectivity index (χ0v) is 11.9. The van der Waals surface area contributed by atoms with Gasteiger partial charge < -0.3 is 15.4 Å². The molecule has 1 aliphatic heterocycles. The monoisotopic (exact) mass is 270 g/mol. The van der Waals surface area contributed by atoms with Gasteiger partial charge in [-0.3, -0.25) is 9.59 Å². The maximum atomic E-state index is 11.7. The summed E-state index contributed by atoms with van der Waals surface area (Å²) in [7, 11) is 1.42. The molecule has 0 aromatic heterocycles.